The first-order chi connectivity index (χ1) is 18.7. The molecule has 0 spiro atoms. The van der Waals surface area contributed by atoms with Gasteiger partial charge in [-0.25, -0.2) is 4.39 Å². The predicted octanol–water partition coefficient (Wildman–Crippen LogP) is 4.78. The summed E-state index contributed by atoms with van der Waals surface area (Å²) in [6.07, 6.45) is 0. The van der Waals surface area contributed by atoms with Crippen molar-refractivity contribution in [2.24, 2.45) is 0 Å². The van der Waals surface area contributed by atoms with Crippen LogP contribution in [0, 0.1) is 5.82 Å². The number of ether oxygens (including phenoxy) is 1. The zero-order valence-corrected chi connectivity index (χ0v) is 22.5. The third kappa shape index (κ3) is 5.67. The van der Waals surface area contributed by atoms with Crippen molar-refractivity contribution in [3.05, 3.63) is 99.8 Å². The van der Waals surface area contributed by atoms with E-state index in [1.165, 1.54) is 12.1 Å². The number of benzene rings is 3. The summed E-state index contributed by atoms with van der Waals surface area (Å²) in [7, 11) is 0. The monoisotopic (exact) mass is 549 g/mol. The lowest BCUT2D eigenvalue weighted by atomic mass is 10.1. The van der Waals surface area contributed by atoms with Gasteiger partial charge in [0.15, 0.2) is 6.61 Å². The Morgan fingerprint density at radius 2 is 1.59 bits per heavy atom. The third-order valence-electron chi connectivity index (χ3n) is 7.31. The molecule has 39 heavy (non-hydrogen) atoms. The summed E-state index contributed by atoms with van der Waals surface area (Å²) in [5.74, 6) is -0.779. The number of carbonyl (C=O) groups excluding carboxylic acids is 3. The number of hydrogen-bond donors (Lipinski definition) is 0. The summed E-state index contributed by atoms with van der Waals surface area (Å²) in [5.41, 5.74) is 2.29. The van der Waals surface area contributed by atoms with Crippen LogP contribution in [0.1, 0.15) is 45.7 Å². The number of halogens is 2. The van der Waals surface area contributed by atoms with Gasteiger partial charge in [0.2, 0.25) is 0 Å². The second-order valence-electron chi connectivity index (χ2n) is 10.1. The minimum atomic E-state index is -0.376. The molecular formula is C30H29ClFN3O4. The van der Waals surface area contributed by atoms with Gasteiger partial charge in [-0.05, 0) is 61.9 Å². The molecule has 2 atom stereocenters. The number of rotatable bonds is 7. The van der Waals surface area contributed by atoms with E-state index in [4.69, 9.17) is 16.3 Å². The van der Waals surface area contributed by atoms with E-state index >= 15 is 0 Å². The van der Waals surface area contributed by atoms with Crippen molar-refractivity contribution in [3.8, 4) is 5.75 Å². The van der Waals surface area contributed by atoms with Crippen LogP contribution in [-0.2, 0) is 17.9 Å². The normalized spacial score (nSPS) is 19.4. The van der Waals surface area contributed by atoms with E-state index in [1.54, 1.807) is 54.6 Å². The standard InChI is InChI=1S/C30H29ClFN3O4/c1-19-15-34(20(2)14-33(19)16-21-7-10-24(32)11-8-21)28(36)18-39-27-12-9-23(31)13-22(27)17-35-29(37)25-5-3-4-6-26(25)30(35)38/h3-13,19-20H,14-18H2,1-2H3. The van der Waals surface area contributed by atoms with Crippen LogP contribution < -0.4 is 4.74 Å². The molecule has 3 aromatic rings. The summed E-state index contributed by atoms with van der Waals surface area (Å²) >= 11 is 6.22. The zero-order valence-electron chi connectivity index (χ0n) is 21.8. The van der Waals surface area contributed by atoms with Gasteiger partial charge in [-0.15, -0.1) is 0 Å². The van der Waals surface area contributed by atoms with Gasteiger partial charge in [0, 0.05) is 42.3 Å². The zero-order chi connectivity index (χ0) is 27.7. The topological polar surface area (TPSA) is 70.2 Å². The number of amides is 3. The number of fused-ring (bicyclic) bond motifs is 1. The van der Waals surface area contributed by atoms with Gasteiger partial charge < -0.3 is 9.64 Å². The molecule has 9 heteroatoms. The van der Waals surface area contributed by atoms with Crippen molar-refractivity contribution in [1.29, 1.82) is 0 Å². The summed E-state index contributed by atoms with van der Waals surface area (Å²) in [6.45, 7) is 5.74. The maximum absolute atomic E-state index is 13.3. The van der Waals surface area contributed by atoms with E-state index in [0.717, 1.165) is 10.5 Å². The highest BCUT2D eigenvalue weighted by atomic mass is 35.5. The molecule has 3 amide bonds. The Bertz CT molecular complexity index is 1380. The average molecular weight is 550 g/mol. The number of piperazine rings is 1. The van der Waals surface area contributed by atoms with Crippen LogP contribution >= 0.6 is 11.6 Å². The average Bonchev–Trinajstić information content (AvgIpc) is 3.16. The Morgan fingerprint density at radius 3 is 2.26 bits per heavy atom. The lowest BCUT2D eigenvalue weighted by Crippen LogP contribution is -2.58. The molecule has 0 N–H and O–H groups in total. The highest BCUT2D eigenvalue weighted by Gasteiger charge is 2.36. The van der Waals surface area contributed by atoms with E-state index in [0.29, 0.717) is 47.1 Å². The van der Waals surface area contributed by atoms with Crippen LogP contribution in [0.3, 0.4) is 0 Å². The molecule has 0 bridgehead atoms. The molecule has 2 aliphatic heterocycles. The van der Waals surface area contributed by atoms with Crippen molar-refractivity contribution in [3.63, 3.8) is 0 Å². The molecule has 0 aromatic heterocycles. The molecule has 2 aliphatic rings. The fourth-order valence-corrected chi connectivity index (χ4v) is 5.37. The van der Waals surface area contributed by atoms with Crippen molar-refractivity contribution < 1.29 is 23.5 Å². The van der Waals surface area contributed by atoms with Crippen LogP contribution in [0.25, 0.3) is 0 Å². The third-order valence-corrected chi connectivity index (χ3v) is 7.55. The Kier molecular flexibility index (Phi) is 7.68. The minimum Gasteiger partial charge on any atom is -0.483 e. The molecule has 3 aromatic carbocycles. The van der Waals surface area contributed by atoms with Crippen LogP contribution in [0.15, 0.2) is 66.7 Å². The largest absolute Gasteiger partial charge is 0.483 e. The van der Waals surface area contributed by atoms with Crippen LogP contribution in [0.5, 0.6) is 5.75 Å². The molecule has 1 saturated heterocycles. The Labute approximate surface area is 231 Å². The Hall–Kier alpha value is -3.75. The number of carbonyl (C=O) groups is 3. The summed E-state index contributed by atoms with van der Waals surface area (Å²) < 4.78 is 19.2. The molecule has 0 aliphatic carbocycles. The van der Waals surface area contributed by atoms with Crippen LogP contribution in [-0.4, -0.2) is 64.2 Å². The predicted molar refractivity (Wildman–Crippen MR) is 145 cm³/mol. The lowest BCUT2D eigenvalue weighted by Gasteiger charge is -2.44. The molecule has 0 saturated carbocycles. The fourth-order valence-electron chi connectivity index (χ4n) is 5.18. The maximum atomic E-state index is 13.3. The molecular weight excluding hydrogens is 521 g/mol. The van der Waals surface area contributed by atoms with E-state index in [2.05, 4.69) is 11.8 Å². The van der Waals surface area contributed by atoms with Crippen LogP contribution in [0.2, 0.25) is 5.02 Å². The van der Waals surface area contributed by atoms with Gasteiger partial charge in [0.1, 0.15) is 11.6 Å². The quantitative estimate of drug-likeness (QED) is 0.397. The van der Waals surface area contributed by atoms with Gasteiger partial charge in [-0.2, -0.15) is 0 Å². The van der Waals surface area contributed by atoms with Crippen molar-refractivity contribution in [1.82, 2.24) is 14.7 Å². The van der Waals surface area contributed by atoms with Gasteiger partial charge in [0.05, 0.1) is 17.7 Å². The summed E-state index contributed by atoms with van der Waals surface area (Å²) in [4.78, 5) is 44.2. The number of nitrogens with zero attached hydrogens (tertiary/aromatic N) is 3. The Balaban J connectivity index is 1.22. The molecule has 5 rings (SSSR count). The van der Waals surface area contributed by atoms with Gasteiger partial charge in [-0.3, -0.25) is 24.2 Å². The van der Waals surface area contributed by atoms with E-state index in [-0.39, 0.29) is 48.8 Å². The summed E-state index contributed by atoms with van der Waals surface area (Å²) in [5, 5.41) is 0.431. The SMILES string of the molecule is CC1CN(C(=O)COc2ccc(Cl)cc2CN2C(=O)c3ccccc3C2=O)C(C)CN1Cc1ccc(F)cc1. The van der Waals surface area contributed by atoms with Gasteiger partial charge in [0.25, 0.3) is 17.7 Å². The minimum absolute atomic E-state index is 0.0219. The second-order valence-corrected chi connectivity index (χ2v) is 10.5. The Morgan fingerprint density at radius 1 is 0.923 bits per heavy atom. The molecule has 2 heterocycles. The fraction of sp³-hybridized carbons (Fsp3) is 0.300. The smallest absolute Gasteiger partial charge is 0.261 e. The van der Waals surface area contributed by atoms with Gasteiger partial charge >= 0.3 is 0 Å². The first-order valence-corrected chi connectivity index (χ1v) is 13.2. The molecule has 7 nitrogen and oxygen atoms in total. The maximum Gasteiger partial charge on any atom is 0.261 e. The highest BCUT2D eigenvalue weighted by molar-refractivity contribution is 6.30. The lowest BCUT2D eigenvalue weighted by molar-refractivity contribution is -0.139. The van der Waals surface area contributed by atoms with E-state index in [1.807, 2.05) is 11.8 Å². The van der Waals surface area contributed by atoms with E-state index in [9.17, 15) is 18.8 Å². The van der Waals surface area contributed by atoms with Crippen molar-refractivity contribution in [2.75, 3.05) is 19.7 Å². The van der Waals surface area contributed by atoms with Gasteiger partial charge in [-0.1, -0.05) is 35.9 Å². The number of hydrogen-bond acceptors (Lipinski definition) is 5. The number of imide groups is 1. The summed E-state index contributed by atoms with van der Waals surface area (Å²) in [6, 6.07) is 18.2. The van der Waals surface area contributed by atoms with Crippen LogP contribution in [0.4, 0.5) is 4.39 Å². The molecule has 202 valence electrons. The highest BCUT2D eigenvalue weighted by Crippen LogP contribution is 2.29. The first kappa shape index (κ1) is 26.8. The van der Waals surface area contributed by atoms with Crippen molar-refractivity contribution in [2.45, 2.75) is 39.0 Å². The molecule has 2 unspecified atom stereocenters. The van der Waals surface area contributed by atoms with E-state index < -0.39 is 0 Å². The first-order valence-electron chi connectivity index (χ1n) is 12.9. The van der Waals surface area contributed by atoms with Crippen molar-refractivity contribution >= 4 is 29.3 Å². The second kappa shape index (κ2) is 11.2. The molecule has 1 fully saturated rings. The molecule has 0 radical (unpaired) electrons.